The van der Waals surface area contributed by atoms with Gasteiger partial charge in [0.25, 0.3) is 0 Å². The minimum absolute atomic E-state index is 0.402. The van der Waals surface area contributed by atoms with Gasteiger partial charge in [-0.15, -0.1) is 0 Å². The van der Waals surface area contributed by atoms with Crippen LogP contribution in [0.3, 0.4) is 0 Å². The Hall–Kier alpha value is -2.32. The summed E-state index contributed by atoms with van der Waals surface area (Å²) in [5.74, 6) is 11.0. The summed E-state index contributed by atoms with van der Waals surface area (Å²) >= 11 is 0. The molecule has 1 aromatic carbocycles. The predicted octanol–water partition coefficient (Wildman–Crippen LogP) is -0.179. The van der Waals surface area contributed by atoms with E-state index in [2.05, 4.69) is 0 Å². The third kappa shape index (κ3) is 2.50. The molecule has 4 amide bonds. The van der Waals surface area contributed by atoms with Crippen molar-refractivity contribution in [2.45, 2.75) is 13.8 Å². The van der Waals surface area contributed by atoms with Gasteiger partial charge >= 0.3 is 12.1 Å². The SMILES string of the molecule is Cc1cc(N(N)C(N)=O)cc(C)c1N(N)C(N)=O. The van der Waals surface area contributed by atoms with Crippen molar-refractivity contribution >= 4 is 23.4 Å². The number of hydrazine groups is 2. The maximum atomic E-state index is 11.0. The van der Waals surface area contributed by atoms with Crippen LogP contribution in [0.4, 0.5) is 21.0 Å². The number of nitrogens with two attached hydrogens (primary N) is 4. The topological polar surface area (TPSA) is 145 Å². The normalized spacial score (nSPS) is 10.0. The largest absolute Gasteiger partial charge is 0.350 e. The number of hydrogen-bond acceptors (Lipinski definition) is 4. The lowest BCUT2D eigenvalue weighted by Gasteiger charge is -2.22. The van der Waals surface area contributed by atoms with Gasteiger partial charge in [-0.05, 0) is 37.1 Å². The van der Waals surface area contributed by atoms with Crippen molar-refractivity contribution in [2.75, 3.05) is 10.0 Å². The Morgan fingerprint density at radius 1 is 0.944 bits per heavy atom. The third-order valence-electron chi connectivity index (χ3n) is 2.47. The van der Waals surface area contributed by atoms with Gasteiger partial charge in [0, 0.05) is 0 Å². The van der Waals surface area contributed by atoms with Crippen LogP contribution in [0.1, 0.15) is 11.1 Å². The minimum atomic E-state index is -0.791. The summed E-state index contributed by atoms with van der Waals surface area (Å²) in [7, 11) is 0. The highest BCUT2D eigenvalue weighted by Crippen LogP contribution is 2.27. The van der Waals surface area contributed by atoms with E-state index in [1.807, 2.05) is 0 Å². The van der Waals surface area contributed by atoms with Crippen LogP contribution >= 0.6 is 0 Å². The van der Waals surface area contributed by atoms with Gasteiger partial charge in [0.2, 0.25) is 0 Å². The van der Waals surface area contributed by atoms with E-state index in [1.54, 1.807) is 26.0 Å². The van der Waals surface area contributed by atoms with E-state index < -0.39 is 12.1 Å². The minimum Gasteiger partial charge on any atom is -0.350 e. The maximum absolute atomic E-state index is 11.0. The number of benzene rings is 1. The molecule has 8 heteroatoms. The molecule has 0 heterocycles. The molecular formula is C10H16N6O2. The van der Waals surface area contributed by atoms with Crippen LogP contribution in [-0.4, -0.2) is 12.1 Å². The second kappa shape index (κ2) is 4.90. The molecule has 0 aliphatic heterocycles. The van der Waals surface area contributed by atoms with Crippen LogP contribution in [-0.2, 0) is 0 Å². The average Bonchev–Trinajstić information content (AvgIpc) is 2.26. The quantitative estimate of drug-likeness (QED) is 0.328. The summed E-state index contributed by atoms with van der Waals surface area (Å²) in [5.41, 5.74) is 12.3. The van der Waals surface area contributed by atoms with E-state index in [-0.39, 0.29) is 0 Å². The number of hydrogen-bond donors (Lipinski definition) is 4. The summed E-state index contributed by atoms with van der Waals surface area (Å²) in [5, 5.41) is 1.63. The third-order valence-corrected chi connectivity index (χ3v) is 2.47. The zero-order valence-electron chi connectivity index (χ0n) is 10.2. The van der Waals surface area contributed by atoms with E-state index in [0.29, 0.717) is 22.5 Å². The second-order valence-electron chi connectivity index (χ2n) is 3.84. The molecule has 0 atom stereocenters. The smallest absolute Gasteiger partial charge is 0.333 e. The molecule has 0 saturated carbocycles. The van der Waals surface area contributed by atoms with Crippen molar-refractivity contribution in [3.63, 3.8) is 0 Å². The number of urea groups is 2. The Morgan fingerprint density at radius 3 is 1.67 bits per heavy atom. The summed E-state index contributed by atoms with van der Waals surface area (Å²) in [6, 6.07) is 1.58. The van der Waals surface area contributed by atoms with Crippen molar-refractivity contribution in [3.05, 3.63) is 23.3 Å². The van der Waals surface area contributed by atoms with Crippen LogP contribution in [0.2, 0.25) is 0 Å². The lowest BCUT2D eigenvalue weighted by atomic mass is 10.1. The number of amides is 4. The van der Waals surface area contributed by atoms with Gasteiger partial charge in [-0.1, -0.05) is 0 Å². The number of aryl methyl sites for hydroxylation is 2. The predicted molar refractivity (Wildman–Crippen MR) is 68.4 cm³/mol. The Morgan fingerprint density at radius 2 is 1.33 bits per heavy atom. The van der Waals surface area contributed by atoms with E-state index in [9.17, 15) is 9.59 Å². The zero-order chi connectivity index (χ0) is 14.0. The summed E-state index contributed by atoms with van der Waals surface area (Å²) in [4.78, 5) is 22.0. The number of anilines is 2. The number of primary amides is 2. The van der Waals surface area contributed by atoms with Gasteiger partial charge in [-0.2, -0.15) is 0 Å². The van der Waals surface area contributed by atoms with Gasteiger partial charge < -0.3 is 11.5 Å². The second-order valence-corrected chi connectivity index (χ2v) is 3.84. The molecule has 0 aromatic heterocycles. The van der Waals surface area contributed by atoms with E-state index >= 15 is 0 Å². The van der Waals surface area contributed by atoms with Crippen LogP contribution in [0, 0.1) is 13.8 Å². The number of carbonyl (C=O) groups is 2. The molecule has 18 heavy (non-hydrogen) atoms. The molecule has 8 N–H and O–H groups in total. The van der Waals surface area contributed by atoms with Crippen molar-refractivity contribution in [1.82, 2.24) is 0 Å². The molecule has 0 aliphatic carbocycles. The zero-order valence-corrected chi connectivity index (χ0v) is 10.2. The maximum Gasteiger partial charge on any atom is 0.333 e. The molecule has 0 aliphatic rings. The number of nitrogens with zero attached hydrogens (tertiary/aromatic N) is 2. The summed E-state index contributed by atoms with van der Waals surface area (Å²) < 4.78 is 0. The van der Waals surface area contributed by atoms with Crippen molar-refractivity contribution < 1.29 is 9.59 Å². The first-order valence-corrected chi connectivity index (χ1v) is 5.05. The van der Waals surface area contributed by atoms with Gasteiger partial charge in [-0.3, -0.25) is 0 Å². The molecule has 8 nitrogen and oxygen atoms in total. The van der Waals surface area contributed by atoms with Crippen molar-refractivity contribution in [2.24, 2.45) is 23.2 Å². The monoisotopic (exact) mass is 252 g/mol. The first kappa shape index (κ1) is 13.7. The lowest BCUT2D eigenvalue weighted by molar-refractivity contribution is 0.253. The van der Waals surface area contributed by atoms with Crippen LogP contribution in [0.5, 0.6) is 0 Å². The van der Waals surface area contributed by atoms with Crippen LogP contribution < -0.4 is 33.2 Å². The van der Waals surface area contributed by atoms with Crippen LogP contribution in [0.25, 0.3) is 0 Å². The fraction of sp³-hybridized carbons (Fsp3) is 0.200. The molecule has 1 rings (SSSR count). The first-order chi connectivity index (χ1) is 8.25. The van der Waals surface area contributed by atoms with Gasteiger partial charge in [0.1, 0.15) is 0 Å². The lowest BCUT2D eigenvalue weighted by Crippen LogP contribution is -2.43. The number of rotatable bonds is 2. The molecule has 0 saturated heterocycles. The number of carbonyl (C=O) groups excluding carboxylic acids is 2. The molecule has 1 aromatic rings. The van der Waals surface area contributed by atoms with Gasteiger partial charge in [-0.25, -0.2) is 31.3 Å². The van der Waals surface area contributed by atoms with Crippen LogP contribution in [0.15, 0.2) is 12.1 Å². The van der Waals surface area contributed by atoms with E-state index in [0.717, 1.165) is 10.0 Å². The van der Waals surface area contributed by atoms with E-state index in [1.165, 1.54) is 0 Å². The fourth-order valence-electron chi connectivity index (χ4n) is 1.69. The molecule has 0 bridgehead atoms. The van der Waals surface area contributed by atoms with Gasteiger partial charge in [0.05, 0.1) is 11.4 Å². The standard InChI is InChI=1S/C10H16N6O2/c1-5-3-7(15(13)9(11)17)4-6(2)8(5)16(14)10(12)18/h3-4H,13-14H2,1-2H3,(H2,11,17)(H2,12,18). The molecular weight excluding hydrogens is 236 g/mol. The molecule has 0 spiro atoms. The van der Waals surface area contributed by atoms with E-state index in [4.69, 9.17) is 23.2 Å². The highest BCUT2D eigenvalue weighted by Gasteiger charge is 2.16. The molecule has 98 valence electrons. The molecule has 0 fully saturated rings. The molecule has 0 unspecified atom stereocenters. The Bertz CT molecular complexity index is 478. The summed E-state index contributed by atoms with van der Waals surface area (Å²) in [6.07, 6.45) is 0. The Labute approximate surface area is 104 Å². The highest BCUT2D eigenvalue weighted by molar-refractivity contribution is 5.93. The summed E-state index contributed by atoms with van der Waals surface area (Å²) in [6.45, 7) is 3.42. The molecule has 0 radical (unpaired) electrons. The highest BCUT2D eigenvalue weighted by atomic mass is 16.2. The Balaban J connectivity index is 3.29. The first-order valence-electron chi connectivity index (χ1n) is 5.05. The Kier molecular flexibility index (Phi) is 3.74. The van der Waals surface area contributed by atoms with Gasteiger partial charge in [0.15, 0.2) is 0 Å². The van der Waals surface area contributed by atoms with Crippen molar-refractivity contribution in [1.29, 1.82) is 0 Å². The van der Waals surface area contributed by atoms with Crippen molar-refractivity contribution in [3.8, 4) is 0 Å². The fourth-order valence-corrected chi connectivity index (χ4v) is 1.69. The average molecular weight is 252 g/mol.